The smallest absolute Gasteiger partial charge is 0.310 e. The lowest BCUT2D eigenvalue weighted by Gasteiger charge is -2.10. The molecule has 1 aliphatic heterocycles. The van der Waals surface area contributed by atoms with Crippen molar-refractivity contribution in [2.45, 2.75) is 37.8 Å². The van der Waals surface area contributed by atoms with E-state index < -0.39 is 0 Å². The van der Waals surface area contributed by atoms with Crippen LogP contribution in [0.3, 0.4) is 0 Å². The van der Waals surface area contributed by atoms with Gasteiger partial charge in [-0.05, 0) is 49.9 Å². The fourth-order valence-electron chi connectivity index (χ4n) is 3.03. The van der Waals surface area contributed by atoms with Crippen LogP contribution in [0.4, 0.5) is 0 Å². The molecule has 0 amide bonds. The minimum Gasteiger partial charge on any atom is -0.310 e. The average Bonchev–Trinajstić information content (AvgIpc) is 2.93. The van der Waals surface area contributed by atoms with Gasteiger partial charge in [0, 0.05) is 12.1 Å². The second kappa shape index (κ2) is 3.72. The summed E-state index contributed by atoms with van der Waals surface area (Å²) in [4.78, 5) is 14.9. The van der Waals surface area contributed by atoms with Gasteiger partial charge in [0.1, 0.15) is 0 Å². The molecule has 1 aliphatic carbocycles. The van der Waals surface area contributed by atoms with Crippen molar-refractivity contribution in [3.05, 3.63) is 34.2 Å². The number of nitrogens with one attached hydrogen (secondary N) is 2. The first-order chi connectivity index (χ1) is 8.83. The molecule has 2 heterocycles. The summed E-state index contributed by atoms with van der Waals surface area (Å²) in [7, 11) is 0. The Kier molecular flexibility index (Phi) is 2.14. The number of benzene rings is 1. The fraction of sp³-hybridized carbons (Fsp3) is 0.500. The first-order valence-electron chi connectivity index (χ1n) is 6.80. The molecule has 4 rings (SSSR count). The Hall–Kier alpha value is -1.55. The molecule has 2 fully saturated rings. The molecular weight excluding hydrogens is 226 g/mol. The lowest BCUT2D eigenvalue weighted by Crippen LogP contribution is -2.14. The van der Waals surface area contributed by atoms with Crippen molar-refractivity contribution in [1.29, 1.82) is 0 Å². The Labute approximate surface area is 105 Å². The zero-order chi connectivity index (χ0) is 12.1. The third kappa shape index (κ3) is 1.52. The van der Waals surface area contributed by atoms with Crippen LogP contribution >= 0.6 is 0 Å². The van der Waals surface area contributed by atoms with E-state index in [1.54, 1.807) is 0 Å². The molecule has 1 unspecified atom stereocenters. The van der Waals surface area contributed by atoms with Crippen molar-refractivity contribution in [2.75, 3.05) is 6.54 Å². The van der Waals surface area contributed by atoms with Gasteiger partial charge in [-0.2, -0.15) is 0 Å². The SMILES string of the molecule is O=c1[nH]c2cc(C3CCCN3)ccc2n1C1CC1. The molecule has 4 heteroatoms. The number of aromatic amines is 1. The van der Waals surface area contributed by atoms with Gasteiger partial charge in [-0.1, -0.05) is 6.07 Å². The summed E-state index contributed by atoms with van der Waals surface area (Å²) in [5.41, 5.74) is 3.38. The maximum Gasteiger partial charge on any atom is 0.326 e. The molecule has 2 aliphatic rings. The number of aromatic nitrogens is 2. The summed E-state index contributed by atoms with van der Waals surface area (Å²) in [5.74, 6) is 0. The van der Waals surface area contributed by atoms with Gasteiger partial charge in [0.05, 0.1) is 11.0 Å². The third-order valence-electron chi connectivity index (χ3n) is 4.12. The predicted octanol–water partition coefficient (Wildman–Crippen LogP) is 2.09. The van der Waals surface area contributed by atoms with Gasteiger partial charge in [0.2, 0.25) is 0 Å². The Morgan fingerprint density at radius 1 is 1.22 bits per heavy atom. The molecule has 4 nitrogen and oxygen atoms in total. The quantitative estimate of drug-likeness (QED) is 0.848. The zero-order valence-electron chi connectivity index (χ0n) is 10.3. The van der Waals surface area contributed by atoms with Gasteiger partial charge in [-0.25, -0.2) is 4.79 Å². The number of hydrogen-bond donors (Lipinski definition) is 2. The Morgan fingerprint density at radius 2 is 2.11 bits per heavy atom. The molecule has 94 valence electrons. The highest BCUT2D eigenvalue weighted by Crippen LogP contribution is 2.36. The molecule has 2 aromatic rings. The van der Waals surface area contributed by atoms with Crippen LogP contribution in [0.15, 0.2) is 23.0 Å². The second-order valence-corrected chi connectivity index (χ2v) is 5.46. The van der Waals surface area contributed by atoms with E-state index in [4.69, 9.17) is 0 Å². The van der Waals surface area contributed by atoms with Gasteiger partial charge >= 0.3 is 5.69 Å². The fourth-order valence-corrected chi connectivity index (χ4v) is 3.03. The van der Waals surface area contributed by atoms with Crippen LogP contribution in [0.2, 0.25) is 0 Å². The van der Waals surface area contributed by atoms with Gasteiger partial charge < -0.3 is 10.3 Å². The van der Waals surface area contributed by atoms with Crippen LogP contribution in [0.1, 0.15) is 43.3 Å². The average molecular weight is 243 g/mol. The molecule has 1 aromatic carbocycles. The van der Waals surface area contributed by atoms with Crippen molar-refractivity contribution in [3.8, 4) is 0 Å². The highest BCUT2D eigenvalue weighted by molar-refractivity contribution is 5.76. The zero-order valence-corrected chi connectivity index (χ0v) is 10.3. The van der Waals surface area contributed by atoms with Gasteiger partial charge in [-0.15, -0.1) is 0 Å². The van der Waals surface area contributed by atoms with E-state index in [1.807, 2.05) is 4.57 Å². The monoisotopic (exact) mass is 243 g/mol. The summed E-state index contributed by atoms with van der Waals surface area (Å²) in [6.07, 6.45) is 4.71. The Morgan fingerprint density at radius 3 is 2.83 bits per heavy atom. The topological polar surface area (TPSA) is 49.8 Å². The van der Waals surface area contributed by atoms with E-state index in [-0.39, 0.29) is 5.69 Å². The molecule has 1 aromatic heterocycles. The van der Waals surface area contributed by atoms with E-state index >= 15 is 0 Å². The first kappa shape index (κ1) is 10.4. The number of imidazole rings is 1. The molecule has 2 N–H and O–H groups in total. The van der Waals surface area contributed by atoms with Crippen LogP contribution in [-0.2, 0) is 0 Å². The largest absolute Gasteiger partial charge is 0.326 e. The number of H-pyrrole nitrogens is 1. The van der Waals surface area contributed by atoms with E-state index in [0.29, 0.717) is 12.1 Å². The van der Waals surface area contributed by atoms with E-state index in [0.717, 1.165) is 30.4 Å². The Bertz CT molecular complexity index is 645. The van der Waals surface area contributed by atoms with Crippen molar-refractivity contribution in [2.24, 2.45) is 0 Å². The predicted molar refractivity (Wildman–Crippen MR) is 70.8 cm³/mol. The van der Waals surface area contributed by atoms with Crippen LogP contribution in [0.5, 0.6) is 0 Å². The molecule has 0 radical (unpaired) electrons. The third-order valence-corrected chi connectivity index (χ3v) is 4.12. The van der Waals surface area contributed by atoms with Gasteiger partial charge in [-0.3, -0.25) is 4.57 Å². The summed E-state index contributed by atoms with van der Waals surface area (Å²) < 4.78 is 1.92. The molecule has 0 bridgehead atoms. The highest BCUT2D eigenvalue weighted by atomic mass is 16.1. The van der Waals surface area contributed by atoms with Gasteiger partial charge in [0.25, 0.3) is 0 Å². The minimum absolute atomic E-state index is 0.0454. The molecule has 1 saturated carbocycles. The highest BCUT2D eigenvalue weighted by Gasteiger charge is 2.27. The second-order valence-electron chi connectivity index (χ2n) is 5.46. The molecule has 18 heavy (non-hydrogen) atoms. The summed E-state index contributed by atoms with van der Waals surface area (Å²) in [5, 5.41) is 3.50. The molecular formula is C14H17N3O. The molecule has 1 saturated heterocycles. The minimum atomic E-state index is 0.0454. The maximum absolute atomic E-state index is 11.9. The van der Waals surface area contributed by atoms with Crippen LogP contribution in [-0.4, -0.2) is 16.1 Å². The van der Waals surface area contributed by atoms with Crippen molar-refractivity contribution < 1.29 is 0 Å². The normalized spacial score (nSPS) is 23.9. The van der Waals surface area contributed by atoms with E-state index in [2.05, 4.69) is 28.5 Å². The van der Waals surface area contributed by atoms with Crippen molar-refractivity contribution in [1.82, 2.24) is 14.9 Å². The molecule has 1 atom stereocenters. The standard InChI is InChI=1S/C14H17N3O/c18-14-16-12-8-9(11-2-1-7-15-11)3-6-13(12)17(14)10-4-5-10/h3,6,8,10-11,15H,1-2,4-5,7H2,(H,16,18). The first-order valence-corrected chi connectivity index (χ1v) is 6.80. The van der Waals surface area contributed by atoms with E-state index in [9.17, 15) is 4.79 Å². The lowest BCUT2D eigenvalue weighted by molar-refractivity contribution is 0.648. The summed E-state index contributed by atoms with van der Waals surface area (Å²) in [6, 6.07) is 7.29. The summed E-state index contributed by atoms with van der Waals surface area (Å²) >= 11 is 0. The number of rotatable bonds is 2. The van der Waals surface area contributed by atoms with E-state index in [1.165, 1.54) is 18.4 Å². The van der Waals surface area contributed by atoms with Crippen LogP contribution in [0, 0.1) is 0 Å². The molecule has 0 spiro atoms. The number of fused-ring (bicyclic) bond motifs is 1. The van der Waals surface area contributed by atoms with Crippen molar-refractivity contribution in [3.63, 3.8) is 0 Å². The number of nitrogens with zero attached hydrogens (tertiary/aromatic N) is 1. The maximum atomic E-state index is 11.9. The van der Waals surface area contributed by atoms with Gasteiger partial charge in [0.15, 0.2) is 0 Å². The van der Waals surface area contributed by atoms with Crippen LogP contribution < -0.4 is 11.0 Å². The number of hydrogen-bond acceptors (Lipinski definition) is 2. The lowest BCUT2D eigenvalue weighted by atomic mass is 10.0. The summed E-state index contributed by atoms with van der Waals surface area (Å²) in [6.45, 7) is 1.10. The van der Waals surface area contributed by atoms with Crippen molar-refractivity contribution >= 4 is 11.0 Å². The van der Waals surface area contributed by atoms with Crippen LogP contribution in [0.25, 0.3) is 11.0 Å². The Balaban J connectivity index is 1.83.